The van der Waals surface area contributed by atoms with Crippen LogP contribution in [0.5, 0.6) is 11.5 Å². The second-order valence-corrected chi connectivity index (χ2v) is 8.31. The first kappa shape index (κ1) is 29.7. The first-order chi connectivity index (χ1) is 19.0. The maximum absolute atomic E-state index is 12.9. The van der Waals surface area contributed by atoms with Gasteiger partial charge in [0.25, 0.3) is 5.91 Å². The molecular formula is C27H22ClF3N4O5. The highest BCUT2D eigenvalue weighted by Gasteiger charge is 2.30. The van der Waals surface area contributed by atoms with Gasteiger partial charge in [-0.05, 0) is 60.7 Å². The number of nitrogens with one attached hydrogen (secondary N) is 3. The van der Waals surface area contributed by atoms with E-state index in [0.29, 0.717) is 18.0 Å². The predicted octanol–water partition coefficient (Wildman–Crippen LogP) is 5.03. The molecule has 208 valence electrons. The molecule has 9 nitrogen and oxygen atoms in total. The number of amides is 3. The van der Waals surface area contributed by atoms with Crippen LogP contribution in [0.4, 0.5) is 24.5 Å². The number of hydrogen-bond donors (Lipinski definition) is 3. The van der Waals surface area contributed by atoms with Crippen LogP contribution in [0.15, 0.2) is 84.5 Å². The summed E-state index contributed by atoms with van der Waals surface area (Å²) < 4.78 is 49.4. The van der Waals surface area contributed by atoms with Crippen molar-refractivity contribution in [2.75, 3.05) is 23.8 Å². The molecule has 3 aromatic carbocycles. The smallest absolute Gasteiger partial charge is 0.416 e. The van der Waals surface area contributed by atoms with Crippen molar-refractivity contribution in [1.82, 2.24) is 5.43 Å². The number of ether oxygens (including phenoxy) is 2. The van der Waals surface area contributed by atoms with Crippen molar-refractivity contribution >= 4 is 46.9 Å². The van der Waals surface area contributed by atoms with Crippen molar-refractivity contribution in [3.63, 3.8) is 0 Å². The summed E-state index contributed by atoms with van der Waals surface area (Å²) in [5, 5.41) is 8.73. The molecule has 3 amide bonds. The molecule has 0 saturated carbocycles. The number of carbonyl (C=O) groups is 3. The molecule has 3 N–H and O–H groups in total. The van der Waals surface area contributed by atoms with E-state index in [2.05, 4.69) is 27.7 Å². The van der Waals surface area contributed by atoms with Crippen molar-refractivity contribution in [2.24, 2.45) is 5.10 Å². The molecule has 13 heteroatoms. The molecule has 0 fully saturated rings. The van der Waals surface area contributed by atoms with Crippen LogP contribution < -0.4 is 25.5 Å². The lowest BCUT2D eigenvalue weighted by Gasteiger charge is -2.11. The highest BCUT2D eigenvalue weighted by atomic mass is 35.5. The normalized spacial score (nSPS) is 11.0. The third kappa shape index (κ3) is 9.17. The topological polar surface area (TPSA) is 118 Å². The highest BCUT2D eigenvalue weighted by Crippen LogP contribution is 2.30. The Kier molecular flexibility index (Phi) is 10.3. The van der Waals surface area contributed by atoms with Gasteiger partial charge >= 0.3 is 18.0 Å². The molecule has 0 aromatic heterocycles. The Morgan fingerprint density at radius 1 is 0.925 bits per heavy atom. The summed E-state index contributed by atoms with van der Waals surface area (Å²) in [6.45, 7) is 3.31. The maximum atomic E-state index is 12.9. The molecule has 3 aromatic rings. The van der Waals surface area contributed by atoms with E-state index in [-0.39, 0.29) is 22.0 Å². The Hall–Kier alpha value is -4.84. The summed E-state index contributed by atoms with van der Waals surface area (Å²) in [5.74, 6) is -2.08. The van der Waals surface area contributed by atoms with Gasteiger partial charge in [0.15, 0.2) is 6.61 Å². The lowest BCUT2D eigenvalue weighted by atomic mass is 10.2. The molecular weight excluding hydrogens is 553 g/mol. The van der Waals surface area contributed by atoms with E-state index in [0.717, 1.165) is 24.4 Å². The van der Waals surface area contributed by atoms with Gasteiger partial charge < -0.3 is 20.1 Å². The Morgan fingerprint density at radius 2 is 1.68 bits per heavy atom. The third-order valence-corrected chi connectivity index (χ3v) is 5.10. The van der Waals surface area contributed by atoms with E-state index in [9.17, 15) is 27.6 Å². The van der Waals surface area contributed by atoms with Crippen molar-refractivity contribution in [1.29, 1.82) is 0 Å². The van der Waals surface area contributed by atoms with Crippen molar-refractivity contribution in [2.45, 2.75) is 6.18 Å². The molecule has 0 bridgehead atoms. The summed E-state index contributed by atoms with van der Waals surface area (Å²) in [7, 11) is 0. The van der Waals surface area contributed by atoms with Crippen LogP contribution in [0.2, 0.25) is 5.02 Å². The average molecular weight is 575 g/mol. The van der Waals surface area contributed by atoms with Crippen LogP contribution in [0.3, 0.4) is 0 Å². The fourth-order valence-corrected chi connectivity index (χ4v) is 3.23. The molecule has 0 aliphatic rings. The van der Waals surface area contributed by atoms with Gasteiger partial charge in [0.1, 0.15) is 18.1 Å². The SMILES string of the molecule is C=CCOc1ccc(NC(=O)C(=O)N/N=C\c2cc(Cl)ccc2OCC(=O)Nc2cccc(C(F)(F)F)c2)cc1. The number of hydrazone groups is 1. The lowest BCUT2D eigenvalue weighted by Crippen LogP contribution is -2.32. The number of rotatable bonds is 10. The fraction of sp³-hybridized carbons (Fsp3) is 0.111. The first-order valence-electron chi connectivity index (χ1n) is 11.4. The van der Waals surface area contributed by atoms with Gasteiger partial charge in [-0.3, -0.25) is 14.4 Å². The van der Waals surface area contributed by atoms with Crippen molar-refractivity contribution in [3.8, 4) is 11.5 Å². The predicted molar refractivity (Wildman–Crippen MR) is 144 cm³/mol. The van der Waals surface area contributed by atoms with Gasteiger partial charge in [0.2, 0.25) is 0 Å². The molecule has 0 spiro atoms. The first-order valence-corrected chi connectivity index (χ1v) is 11.8. The second-order valence-electron chi connectivity index (χ2n) is 7.87. The maximum Gasteiger partial charge on any atom is 0.416 e. The summed E-state index contributed by atoms with van der Waals surface area (Å²) in [6.07, 6.45) is -1.83. The number of carbonyl (C=O) groups excluding carboxylic acids is 3. The minimum absolute atomic E-state index is 0.0562. The molecule has 0 saturated heterocycles. The molecule has 0 heterocycles. The number of anilines is 2. The summed E-state index contributed by atoms with van der Waals surface area (Å²) in [4.78, 5) is 36.5. The zero-order valence-electron chi connectivity index (χ0n) is 20.6. The molecule has 3 rings (SSSR count). The van der Waals surface area contributed by atoms with E-state index in [1.165, 1.54) is 24.3 Å². The monoisotopic (exact) mass is 574 g/mol. The molecule has 0 aliphatic carbocycles. The summed E-state index contributed by atoms with van der Waals surface area (Å²) in [5.41, 5.74) is 1.69. The Morgan fingerprint density at radius 3 is 2.38 bits per heavy atom. The van der Waals surface area contributed by atoms with Gasteiger partial charge in [0, 0.05) is 22.0 Å². The largest absolute Gasteiger partial charge is 0.490 e. The van der Waals surface area contributed by atoms with Crippen LogP contribution in [0.1, 0.15) is 11.1 Å². The van der Waals surface area contributed by atoms with Gasteiger partial charge in [-0.15, -0.1) is 0 Å². The Balaban J connectivity index is 1.55. The number of nitrogens with zero attached hydrogens (tertiary/aromatic N) is 1. The van der Waals surface area contributed by atoms with Crippen molar-refractivity contribution < 1.29 is 37.0 Å². The number of benzene rings is 3. The summed E-state index contributed by atoms with van der Waals surface area (Å²) >= 11 is 6.01. The van der Waals surface area contributed by atoms with E-state index >= 15 is 0 Å². The van der Waals surface area contributed by atoms with Gasteiger partial charge in [-0.2, -0.15) is 18.3 Å². The second kappa shape index (κ2) is 13.8. The van der Waals surface area contributed by atoms with E-state index < -0.39 is 36.1 Å². The minimum atomic E-state index is -4.56. The van der Waals surface area contributed by atoms with Gasteiger partial charge in [-0.1, -0.05) is 30.3 Å². The highest BCUT2D eigenvalue weighted by molar-refractivity contribution is 6.39. The Bertz CT molecular complexity index is 1410. The molecule has 0 atom stereocenters. The molecule has 40 heavy (non-hydrogen) atoms. The van der Waals surface area contributed by atoms with Crippen LogP contribution in [0, 0.1) is 0 Å². The number of hydrogen-bond acceptors (Lipinski definition) is 6. The molecule has 0 unspecified atom stereocenters. The van der Waals surface area contributed by atoms with E-state index in [4.69, 9.17) is 21.1 Å². The van der Waals surface area contributed by atoms with Crippen molar-refractivity contribution in [3.05, 3.63) is 95.5 Å². The lowest BCUT2D eigenvalue weighted by molar-refractivity contribution is -0.137. The zero-order chi connectivity index (χ0) is 29.1. The van der Waals surface area contributed by atoms with E-state index in [1.54, 1.807) is 30.3 Å². The average Bonchev–Trinajstić information content (AvgIpc) is 2.91. The van der Waals surface area contributed by atoms with Crippen LogP contribution >= 0.6 is 11.6 Å². The molecule has 0 aliphatic heterocycles. The van der Waals surface area contributed by atoms with Crippen LogP contribution in [-0.4, -0.2) is 37.1 Å². The van der Waals surface area contributed by atoms with Gasteiger partial charge in [0.05, 0.1) is 11.8 Å². The summed E-state index contributed by atoms with van der Waals surface area (Å²) in [6, 6.07) is 14.8. The molecule has 0 radical (unpaired) electrons. The minimum Gasteiger partial charge on any atom is -0.490 e. The number of halogens is 4. The number of alkyl halides is 3. The fourth-order valence-electron chi connectivity index (χ4n) is 3.05. The third-order valence-electron chi connectivity index (χ3n) is 4.86. The zero-order valence-corrected chi connectivity index (χ0v) is 21.4. The standard InChI is InChI=1S/C27H22ClF3N4O5/c1-2-12-39-22-9-7-20(8-10-22)34-25(37)26(38)35-32-15-17-13-19(28)6-11-23(17)40-16-24(36)33-21-5-3-4-18(14-21)27(29,30)31/h2-11,13-15H,1,12,16H2,(H,33,36)(H,34,37)(H,35,38)/b32-15-. The van der Waals surface area contributed by atoms with Crippen LogP contribution in [0.25, 0.3) is 0 Å². The quantitative estimate of drug-likeness (QED) is 0.136. The van der Waals surface area contributed by atoms with E-state index in [1.807, 2.05) is 0 Å². The van der Waals surface area contributed by atoms with Gasteiger partial charge in [-0.25, -0.2) is 5.43 Å². The van der Waals surface area contributed by atoms with Crippen LogP contribution in [-0.2, 0) is 20.6 Å². The Labute approximate surface area is 231 Å².